The quantitative estimate of drug-likeness (QED) is 0.652. The molecule has 0 unspecified atom stereocenters. The summed E-state index contributed by atoms with van der Waals surface area (Å²) in [5.41, 5.74) is 2.07. The van der Waals surface area contributed by atoms with Crippen LogP contribution in [-0.2, 0) is 6.54 Å². The first-order valence-electron chi connectivity index (χ1n) is 7.09. The van der Waals surface area contributed by atoms with Crippen LogP contribution in [0.2, 0.25) is 0 Å². The van der Waals surface area contributed by atoms with Gasteiger partial charge in [-0.25, -0.2) is 4.98 Å². The minimum atomic E-state index is 0.851. The van der Waals surface area contributed by atoms with Crippen LogP contribution in [0.5, 0.6) is 0 Å². The van der Waals surface area contributed by atoms with Gasteiger partial charge in [-0.15, -0.1) is 0 Å². The summed E-state index contributed by atoms with van der Waals surface area (Å²) in [5, 5.41) is 7.78. The van der Waals surface area contributed by atoms with Gasteiger partial charge in [0.2, 0.25) is 0 Å². The van der Waals surface area contributed by atoms with E-state index in [2.05, 4.69) is 26.7 Å². The molecule has 0 aliphatic heterocycles. The Morgan fingerprint density at radius 3 is 3.00 bits per heavy atom. The average Bonchev–Trinajstić information content (AvgIpc) is 3.01. The Labute approximate surface area is 123 Å². The molecule has 0 atom stereocenters. The molecule has 0 aliphatic carbocycles. The highest BCUT2D eigenvalue weighted by atomic mass is 16.3. The summed E-state index contributed by atoms with van der Waals surface area (Å²) in [7, 11) is 0. The summed E-state index contributed by atoms with van der Waals surface area (Å²) in [6, 6.07) is 7.83. The molecule has 21 heavy (non-hydrogen) atoms. The molecule has 3 heterocycles. The number of pyridine rings is 2. The smallest absolute Gasteiger partial charge is 0.139 e. The van der Waals surface area contributed by atoms with Crippen molar-refractivity contribution in [2.24, 2.45) is 0 Å². The van der Waals surface area contributed by atoms with E-state index in [1.54, 1.807) is 18.7 Å². The molecule has 0 radical (unpaired) electrons. The second-order valence-electron chi connectivity index (χ2n) is 4.81. The molecule has 0 amide bonds. The van der Waals surface area contributed by atoms with Crippen LogP contribution in [0.15, 0.2) is 53.5 Å². The first-order chi connectivity index (χ1) is 10.4. The van der Waals surface area contributed by atoms with Gasteiger partial charge >= 0.3 is 0 Å². The molecule has 0 fully saturated rings. The van der Waals surface area contributed by atoms with E-state index >= 15 is 0 Å². The number of nitrogens with zero attached hydrogens (tertiary/aromatic N) is 2. The molecule has 0 aromatic carbocycles. The molecule has 0 spiro atoms. The van der Waals surface area contributed by atoms with Crippen LogP contribution >= 0.6 is 0 Å². The zero-order valence-corrected chi connectivity index (χ0v) is 11.7. The van der Waals surface area contributed by atoms with Gasteiger partial charge in [0.05, 0.1) is 11.6 Å². The van der Waals surface area contributed by atoms with E-state index in [1.165, 1.54) is 5.56 Å². The molecule has 0 bridgehead atoms. The monoisotopic (exact) mass is 282 g/mol. The largest absolute Gasteiger partial charge is 0.464 e. The maximum atomic E-state index is 5.35. The Hall–Kier alpha value is -2.40. The zero-order chi connectivity index (χ0) is 14.3. The van der Waals surface area contributed by atoms with Crippen molar-refractivity contribution in [1.82, 2.24) is 15.3 Å². The van der Waals surface area contributed by atoms with Crippen molar-refractivity contribution in [2.45, 2.75) is 13.0 Å². The molecule has 3 rings (SSSR count). The maximum Gasteiger partial charge on any atom is 0.139 e. The van der Waals surface area contributed by atoms with Gasteiger partial charge < -0.3 is 15.1 Å². The molecule has 5 heteroatoms. The van der Waals surface area contributed by atoms with Crippen molar-refractivity contribution in [2.75, 3.05) is 18.4 Å². The first kappa shape index (κ1) is 13.6. The Bertz CT molecular complexity index is 681. The Morgan fingerprint density at radius 2 is 2.10 bits per heavy atom. The van der Waals surface area contributed by atoms with E-state index in [4.69, 9.17) is 4.42 Å². The van der Waals surface area contributed by atoms with Crippen molar-refractivity contribution < 1.29 is 4.42 Å². The summed E-state index contributed by atoms with van der Waals surface area (Å²) < 4.78 is 5.35. The van der Waals surface area contributed by atoms with E-state index in [1.807, 2.05) is 24.4 Å². The van der Waals surface area contributed by atoms with Gasteiger partial charge in [0.15, 0.2) is 0 Å². The number of furan rings is 1. The van der Waals surface area contributed by atoms with Crippen molar-refractivity contribution in [3.8, 4) is 0 Å². The standard InChI is InChI=1S/C16H18N4O/c1-3-13(11-17-6-1)12-18-7-2-8-19-16-14-5-10-21-15(14)4-9-20-16/h1,3-6,9-11,18H,2,7-8,12H2,(H,19,20). The number of anilines is 1. The lowest BCUT2D eigenvalue weighted by Crippen LogP contribution is -2.18. The van der Waals surface area contributed by atoms with Crippen molar-refractivity contribution >= 4 is 16.8 Å². The first-order valence-corrected chi connectivity index (χ1v) is 7.09. The van der Waals surface area contributed by atoms with Gasteiger partial charge in [0, 0.05) is 31.7 Å². The number of aromatic nitrogens is 2. The van der Waals surface area contributed by atoms with E-state index in [9.17, 15) is 0 Å². The van der Waals surface area contributed by atoms with Crippen molar-refractivity contribution in [1.29, 1.82) is 0 Å². The highest BCUT2D eigenvalue weighted by Crippen LogP contribution is 2.21. The highest BCUT2D eigenvalue weighted by molar-refractivity contribution is 5.87. The van der Waals surface area contributed by atoms with Crippen LogP contribution in [-0.4, -0.2) is 23.1 Å². The summed E-state index contributed by atoms with van der Waals surface area (Å²) in [6.45, 7) is 2.67. The van der Waals surface area contributed by atoms with Gasteiger partial charge in [-0.3, -0.25) is 4.98 Å². The lowest BCUT2D eigenvalue weighted by molar-refractivity contribution is 0.615. The molecule has 5 nitrogen and oxygen atoms in total. The third-order valence-corrected chi connectivity index (χ3v) is 3.25. The zero-order valence-electron chi connectivity index (χ0n) is 11.7. The number of rotatable bonds is 7. The number of hydrogen-bond donors (Lipinski definition) is 2. The molecule has 3 aromatic rings. The van der Waals surface area contributed by atoms with Crippen LogP contribution in [0.4, 0.5) is 5.82 Å². The third-order valence-electron chi connectivity index (χ3n) is 3.25. The molecule has 0 saturated carbocycles. The average molecular weight is 282 g/mol. The molecule has 0 saturated heterocycles. The number of nitrogens with one attached hydrogen (secondary N) is 2. The second-order valence-corrected chi connectivity index (χ2v) is 4.81. The van der Waals surface area contributed by atoms with Crippen LogP contribution < -0.4 is 10.6 Å². The van der Waals surface area contributed by atoms with Crippen LogP contribution in [0.25, 0.3) is 11.0 Å². The molecule has 3 aromatic heterocycles. The predicted molar refractivity (Wildman–Crippen MR) is 83.1 cm³/mol. The third kappa shape index (κ3) is 3.58. The number of hydrogen-bond acceptors (Lipinski definition) is 5. The summed E-state index contributed by atoms with van der Waals surface area (Å²) >= 11 is 0. The van der Waals surface area contributed by atoms with E-state index in [-0.39, 0.29) is 0 Å². The van der Waals surface area contributed by atoms with E-state index in [0.717, 1.165) is 42.8 Å². The van der Waals surface area contributed by atoms with Gasteiger partial charge in [-0.05, 0) is 36.7 Å². The van der Waals surface area contributed by atoms with Gasteiger partial charge in [0.25, 0.3) is 0 Å². The number of fused-ring (bicyclic) bond motifs is 1. The SMILES string of the molecule is c1cncc(CNCCCNc2nccc3occc23)c1. The predicted octanol–water partition coefficient (Wildman–Crippen LogP) is 2.81. The van der Waals surface area contributed by atoms with Crippen LogP contribution in [0.3, 0.4) is 0 Å². The fourth-order valence-corrected chi connectivity index (χ4v) is 2.19. The van der Waals surface area contributed by atoms with Crippen molar-refractivity contribution in [3.63, 3.8) is 0 Å². The molecule has 0 aliphatic rings. The molecule has 2 N–H and O–H groups in total. The topological polar surface area (TPSA) is 63.0 Å². The lowest BCUT2D eigenvalue weighted by atomic mass is 10.3. The Kier molecular flexibility index (Phi) is 4.43. The normalized spacial score (nSPS) is 10.9. The van der Waals surface area contributed by atoms with E-state index < -0.39 is 0 Å². The maximum absolute atomic E-state index is 5.35. The molecular weight excluding hydrogens is 264 g/mol. The minimum Gasteiger partial charge on any atom is -0.464 e. The van der Waals surface area contributed by atoms with Gasteiger partial charge in [-0.1, -0.05) is 6.07 Å². The Balaban J connectivity index is 1.40. The molecular formula is C16H18N4O. The fourth-order valence-electron chi connectivity index (χ4n) is 2.19. The second kappa shape index (κ2) is 6.85. The van der Waals surface area contributed by atoms with Gasteiger partial charge in [-0.2, -0.15) is 0 Å². The van der Waals surface area contributed by atoms with E-state index in [0.29, 0.717) is 0 Å². The summed E-state index contributed by atoms with van der Waals surface area (Å²) in [6.07, 6.45) is 8.14. The Morgan fingerprint density at radius 1 is 1.10 bits per heavy atom. The lowest BCUT2D eigenvalue weighted by Gasteiger charge is -2.07. The van der Waals surface area contributed by atoms with Crippen LogP contribution in [0, 0.1) is 0 Å². The van der Waals surface area contributed by atoms with Gasteiger partial charge in [0.1, 0.15) is 11.4 Å². The highest BCUT2D eigenvalue weighted by Gasteiger charge is 2.03. The fraction of sp³-hybridized carbons (Fsp3) is 0.250. The van der Waals surface area contributed by atoms with Crippen LogP contribution in [0.1, 0.15) is 12.0 Å². The summed E-state index contributed by atoms with van der Waals surface area (Å²) in [4.78, 5) is 8.44. The minimum absolute atomic E-state index is 0.851. The summed E-state index contributed by atoms with van der Waals surface area (Å²) in [5.74, 6) is 0.883. The molecule has 108 valence electrons. The van der Waals surface area contributed by atoms with Crippen molar-refractivity contribution in [3.05, 3.63) is 54.7 Å².